The van der Waals surface area contributed by atoms with Crippen molar-refractivity contribution in [3.8, 4) is 0 Å². The van der Waals surface area contributed by atoms with Gasteiger partial charge >= 0.3 is 0 Å². The van der Waals surface area contributed by atoms with Crippen LogP contribution in [0.4, 0.5) is 0 Å². The number of nitrogens with one attached hydrogen (secondary N) is 2. The second kappa shape index (κ2) is 7.37. The average molecular weight is 269 g/mol. The third-order valence-electron chi connectivity index (χ3n) is 3.03. The molecule has 19 heavy (non-hydrogen) atoms. The number of H-pyrrole nitrogens is 1. The quantitative estimate of drug-likeness (QED) is 0.762. The molecule has 0 bridgehead atoms. The highest BCUT2D eigenvalue weighted by Crippen LogP contribution is 2.10. The normalized spacial score (nSPS) is 14.4. The zero-order chi connectivity index (χ0) is 14.4. The molecule has 0 aliphatic rings. The summed E-state index contributed by atoms with van der Waals surface area (Å²) in [5.41, 5.74) is 1.32. The minimum Gasteiger partial charge on any atom is -0.382 e. The zero-order valence-electron chi connectivity index (χ0n) is 12.2. The molecule has 0 aromatic carbocycles. The monoisotopic (exact) mass is 269 g/mol. The molecule has 2 N–H and O–H groups in total. The van der Waals surface area contributed by atoms with Crippen molar-refractivity contribution in [1.82, 2.24) is 15.3 Å². The molecule has 2 atom stereocenters. The summed E-state index contributed by atoms with van der Waals surface area (Å²) in [5, 5.41) is 3.27. The molecule has 1 rings (SSSR count). The van der Waals surface area contributed by atoms with Gasteiger partial charge in [-0.15, -0.1) is 0 Å². The van der Waals surface area contributed by atoms with Crippen LogP contribution in [-0.2, 0) is 9.47 Å². The van der Waals surface area contributed by atoms with E-state index in [1.54, 1.807) is 21.1 Å². The smallest absolute Gasteiger partial charge is 0.255 e. The summed E-state index contributed by atoms with van der Waals surface area (Å²) >= 11 is 0. The minimum atomic E-state index is -0.0919. The summed E-state index contributed by atoms with van der Waals surface area (Å²) in [5.74, 6) is 0.632. The number of hydrogen-bond acceptors (Lipinski definition) is 5. The first-order valence-corrected chi connectivity index (χ1v) is 6.32. The first-order valence-electron chi connectivity index (χ1n) is 6.32. The Morgan fingerprint density at radius 3 is 2.58 bits per heavy atom. The largest absolute Gasteiger partial charge is 0.382 e. The summed E-state index contributed by atoms with van der Waals surface area (Å²) < 4.78 is 10.3. The lowest BCUT2D eigenvalue weighted by molar-refractivity contribution is 0.0276. The van der Waals surface area contributed by atoms with Gasteiger partial charge in [-0.1, -0.05) is 0 Å². The Labute approximate surface area is 113 Å². The third kappa shape index (κ3) is 4.41. The van der Waals surface area contributed by atoms with Crippen LogP contribution in [0, 0.1) is 13.8 Å². The van der Waals surface area contributed by atoms with Crippen LogP contribution >= 0.6 is 0 Å². The SMILES string of the molecule is COCC(CNC(C)c1c(C)nc(C)[nH]c1=O)OC. The molecule has 1 heterocycles. The molecule has 6 nitrogen and oxygen atoms in total. The van der Waals surface area contributed by atoms with Crippen molar-refractivity contribution in [1.29, 1.82) is 0 Å². The molecule has 0 fully saturated rings. The molecule has 2 unspecified atom stereocenters. The lowest BCUT2D eigenvalue weighted by Gasteiger charge is -2.20. The van der Waals surface area contributed by atoms with Gasteiger partial charge in [0.1, 0.15) is 5.82 Å². The molecule has 0 amide bonds. The van der Waals surface area contributed by atoms with Crippen molar-refractivity contribution in [2.24, 2.45) is 0 Å². The van der Waals surface area contributed by atoms with Crippen molar-refractivity contribution in [3.63, 3.8) is 0 Å². The summed E-state index contributed by atoms with van der Waals surface area (Å²) in [7, 11) is 3.27. The van der Waals surface area contributed by atoms with Gasteiger partial charge in [0.25, 0.3) is 5.56 Å². The highest BCUT2D eigenvalue weighted by molar-refractivity contribution is 5.19. The van der Waals surface area contributed by atoms with Crippen LogP contribution in [0.15, 0.2) is 4.79 Å². The first-order chi connectivity index (χ1) is 8.99. The number of aryl methyl sites for hydroxylation is 2. The van der Waals surface area contributed by atoms with E-state index in [0.717, 1.165) is 5.69 Å². The summed E-state index contributed by atoms with van der Waals surface area (Å²) in [6.45, 7) is 6.68. The van der Waals surface area contributed by atoms with Crippen molar-refractivity contribution in [2.75, 3.05) is 27.4 Å². The number of ether oxygens (including phenoxy) is 2. The number of aromatic amines is 1. The molecule has 0 saturated heterocycles. The van der Waals surface area contributed by atoms with Gasteiger partial charge in [-0.3, -0.25) is 4.79 Å². The van der Waals surface area contributed by atoms with Crippen molar-refractivity contribution >= 4 is 0 Å². The Balaban J connectivity index is 2.73. The molecule has 0 radical (unpaired) electrons. The van der Waals surface area contributed by atoms with Gasteiger partial charge < -0.3 is 19.8 Å². The molecular weight excluding hydrogens is 246 g/mol. The van der Waals surface area contributed by atoms with Crippen LogP contribution in [0.2, 0.25) is 0 Å². The van der Waals surface area contributed by atoms with Gasteiger partial charge in [-0.25, -0.2) is 4.98 Å². The molecule has 0 aliphatic carbocycles. The maximum Gasteiger partial charge on any atom is 0.255 e. The van der Waals surface area contributed by atoms with E-state index in [1.807, 2.05) is 13.8 Å². The van der Waals surface area contributed by atoms with E-state index in [-0.39, 0.29) is 17.7 Å². The Bertz CT molecular complexity index is 459. The first kappa shape index (κ1) is 15.8. The van der Waals surface area contributed by atoms with Crippen LogP contribution in [0.5, 0.6) is 0 Å². The van der Waals surface area contributed by atoms with Gasteiger partial charge in [0.15, 0.2) is 0 Å². The van der Waals surface area contributed by atoms with Crippen LogP contribution in [0.25, 0.3) is 0 Å². The maximum absolute atomic E-state index is 12.0. The van der Waals surface area contributed by atoms with Crippen LogP contribution in [0.1, 0.15) is 30.0 Å². The predicted octanol–water partition coefficient (Wildman–Crippen LogP) is 0.699. The zero-order valence-corrected chi connectivity index (χ0v) is 12.2. The van der Waals surface area contributed by atoms with Crippen LogP contribution in [0.3, 0.4) is 0 Å². The van der Waals surface area contributed by atoms with E-state index in [2.05, 4.69) is 15.3 Å². The topological polar surface area (TPSA) is 76.2 Å². The number of rotatable bonds is 7. The highest BCUT2D eigenvalue weighted by Gasteiger charge is 2.16. The molecule has 108 valence electrons. The Morgan fingerprint density at radius 1 is 1.37 bits per heavy atom. The minimum absolute atomic E-state index is 0.0368. The Kier molecular flexibility index (Phi) is 6.14. The number of nitrogens with zero attached hydrogens (tertiary/aromatic N) is 1. The van der Waals surface area contributed by atoms with Gasteiger partial charge in [0, 0.05) is 32.5 Å². The van der Waals surface area contributed by atoms with E-state index in [9.17, 15) is 4.79 Å². The second-order valence-corrected chi connectivity index (χ2v) is 4.59. The van der Waals surface area contributed by atoms with Crippen LogP contribution < -0.4 is 10.9 Å². The van der Waals surface area contributed by atoms with Crippen molar-refractivity contribution in [2.45, 2.75) is 32.9 Å². The van der Waals surface area contributed by atoms with Gasteiger partial charge in [0.2, 0.25) is 0 Å². The predicted molar refractivity (Wildman–Crippen MR) is 73.4 cm³/mol. The van der Waals surface area contributed by atoms with Gasteiger partial charge in [-0.05, 0) is 20.8 Å². The fourth-order valence-corrected chi connectivity index (χ4v) is 2.05. The standard InChI is InChI=1S/C13H23N3O3/c1-8(14-6-11(19-5)7-18-4)12-9(2)15-10(3)16-13(12)17/h8,11,14H,6-7H2,1-5H3,(H,15,16,17). The Hall–Kier alpha value is -1.24. The van der Waals surface area contributed by atoms with Crippen molar-refractivity contribution in [3.05, 3.63) is 27.4 Å². The van der Waals surface area contributed by atoms with Gasteiger partial charge in [-0.2, -0.15) is 0 Å². The van der Waals surface area contributed by atoms with E-state index in [1.165, 1.54) is 0 Å². The van der Waals surface area contributed by atoms with Crippen LogP contribution in [-0.4, -0.2) is 43.4 Å². The molecule has 6 heteroatoms. The van der Waals surface area contributed by atoms with E-state index < -0.39 is 0 Å². The number of hydrogen-bond donors (Lipinski definition) is 2. The Morgan fingerprint density at radius 2 is 2.05 bits per heavy atom. The molecule has 0 aliphatic heterocycles. The lowest BCUT2D eigenvalue weighted by atomic mass is 10.1. The average Bonchev–Trinajstić information content (AvgIpc) is 2.33. The van der Waals surface area contributed by atoms with E-state index in [0.29, 0.717) is 24.5 Å². The summed E-state index contributed by atoms with van der Waals surface area (Å²) in [6.07, 6.45) is -0.0368. The fourth-order valence-electron chi connectivity index (χ4n) is 2.05. The number of methoxy groups -OCH3 is 2. The summed E-state index contributed by atoms with van der Waals surface area (Å²) in [6, 6.07) is -0.0913. The maximum atomic E-state index is 12.0. The number of aromatic nitrogens is 2. The molecule has 1 aromatic heterocycles. The highest BCUT2D eigenvalue weighted by atomic mass is 16.5. The molecule has 1 aromatic rings. The van der Waals surface area contributed by atoms with E-state index >= 15 is 0 Å². The summed E-state index contributed by atoms with van der Waals surface area (Å²) in [4.78, 5) is 19.0. The van der Waals surface area contributed by atoms with Gasteiger partial charge in [0.05, 0.1) is 18.3 Å². The molecule has 0 spiro atoms. The third-order valence-corrected chi connectivity index (χ3v) is 3.03. The van der Waals surface area contributed by atoms with E-state index in [4.69, 9.17) is 9.47 Å². The second-order valence-electron chi connectivity index (χ2n) is 4.59. The fraction of sp³-hybridized carbons (Fsp3) is 0.692. The molecule has 0 saturated carbocycles. The lowest BCUT2D eigenvalue weighted by Crippen LogP contribution is -2.35. The van der Waals surface area contributed by atoms with Crippen molar-refractivity contribution < 1.29 is 9.47 Å². The molecular formula is C13H23N3O3.